The highest BCUT2D eigenvalue weighted by Crippen LogP contribution is 2.18. The molecular weight excluding hydrogens is 284 g/mol. The number of hydrogen-bond donors (Lipinski definition) is 2. The Kier molecular flexibility index (Phi) is 4.19. The maximum Gasteiger partial charge on any atom is 0.241 e. The number of nitrogens with two attached hydrogens (primary N) is 1. The molecule has 0 amide bonds. The zero-order valence-electron chi connectivity index (χ0n) is 10.5. The van der Waals surface area contributed by atoms with E-state index in [1.54, 1.807) is 19.1 Å². The van der Waals surface area contributed by atoms with Crippen LogP contribution in [0, 0.1) is 6.92 Å². The molecule has 1 saturated heterocycles. The Bertz CT molecular complexity index is 593. The van der Waals surface area contributed by atoms with Gasteiger partial charge >= 0.3 is 0 Å². The number of aryl methyl sites for hydroxylation is 1. The van der Waals surface area contributed by atoms with Crippen molar-refractivity contribution < 1.29 is 13.2 Å². The molecular formula is C12H16N2O3S2. The lowest BCUT2D eigenvalue weighted by Crippen LogP contribution is -2.35. The molecule has 7 heteroatoms. The molecule has 1 aromatic rings. The van der Waals surface area contributed by atoms with Crippen molar-refractivity contribution >= 4 is 27.2 Å². The van der Waals surface area contributed by atoms with Gasteiger partial charge in [0.1, 0.15) is 4.99 Å². The molecule has 0 bridgehead atoms. The highest BCUT2D eigenvalue weighted by Gasteiger charge is 2.25. The van der Waals surface area contributed by atoms with Gasteiger partial charge in [0.2, 0.25) is 10.0 Å². The third-order valence-electron chi connectivity index (χ3n) is 3.01. The molecule has 1 aliphatic rings. The van der Waals surface area contributed by atoms with Crippen molar-refractivity contribution in [1.82, 2.24) is 4.72 Å². The number of hydrogen-bond acceptors (Lipinski definition) is 4. The van der Waals surface area contributed by atoms with E-state index in [2.05, 4.69) is 4.72 Å². The highest BCUT2D eigenvalue weighted by molar-refractivity contribution is 7.89. The molecule has 3 N–H and O–H groups in total. The SMILES string of the molecule is Cc1ccc(C(N)=S)cc1S(=O)(=O)NC1CCOC1. The molecule has 1 aliphatic heterocycles. The fourth-order valence-corrected chi connectivity index (χ4v) is 3.61. The van der Waals surface area contributed by atoms with Crippen molar-refractivity contribution in [1.29, 1.82) is 0 Å². The normalized spacial score (nSPS) is 19.5. The summed E-state index contributed by atoms with van der Waals surface area (Å²) >= 11 is 4.87. The summed E-state index contributed by atoms with van der Waals surface area (Å²) in [5.74, 6) is 0. The minimum atomic E-state index is -3.58. The quantitative estimate of drug-likeness (QED) is 0.800. The first kappa shape index (κ1) is 14.4. The van der Waals surface area contributed by atoms with Crippen molar-refractivity contribution in [3.63, 3.8) is 0 Å². The van der Waals surface area contributed by atoms with Crippen LogP contribution in [-0.4, -0.2) is 32.7 Å². The van der Waals surface area contributed by atoms with Crippen LogP contribution in [0.1, 0.15) is 17.5 Å². The molecule has 2 rings (SSSR count). The number of ether oxygens (including phenoxy) is 1. The van der Waals surface area contributed by atoms with Gasteiger partial charge in [0.05, 0.1) is 11.5 Å². The maximum absolute atomic E-state index is 12.3. The molecule has 5 nitrogen and oxygen atoms in total. The van der Waals surface area contributed by atoms with E-state index in [-0.39, 0.29) is 15.9 Å². The highest BCUT2D eigenvalue weighted by atomic mass is 32.2. The Balaban J connectivity index is 2.33. The number of thiocarbonyl (C=S) groups is 1. The smallest absolute Gasteiger partial charge is 0.241 e. The van der Waals surface area contributed by atoms with Crippen LogP contribution >= 0.6 is 12.2 Å². The summed E-state index contributed by atoms with van der Waals surface area (Å²) in [6.45, 7) is 2.73. The van der Waals surface area contributed by atoms with Crippen LogP contribution in [0.3, 0.4) is 0 Å². The van der Waals surface area contributed by atoms with Gasteiger partial charge in [0.25, 0.3) is 0 Å². The standard InChI is InChI=1S/C12H16N2O3S2/c1-8-2-3-9(12(13)18)6-11(8)19(15,16)14-10-4-5-17-7-10/h2-3,6,10,14H,4-5,7H2,1H3,(H2,13,18). The predicted molar refractivity (Wildman–Crippen MR) is 76.6 cm³/mol. The molecule has 1 fully saturated rings. The molecule has 0 radical (unpaired) electrons. The van der Waals surface area contributed by atoms with Gasteiger partial charge in [-0.1, -0.05) is 24.4 Å². The number of rotatable bonds is 4. The summed E-state index contributed by atoms with van der Waals surface area (Å²) in [6.07, 6.45) is 0.688. The van der Waals surface area contributed by atoms with Gasteiger partial charge in [-0.05, 0) is 25.0 Å². The largest absolute Gasteiger partial charge is 0.389 e. The van der Waals surface area contributed by atoms with E-state index >= 15 is 0 Å². The van der Waals surface area contributed by atoms with Crippen LogP contribution in [-0.2, 0) is 14.8 Å². The molecule has 19 heavy (non-hydrogen) atoms. The molecule has 0 saturated carbocycles. The van der Waals surface area contributed by atoms with Crippen molar-refractivity contribution in [2.24, 2.45) is 5.73 Å². The Morgan fingerprint density at radius 2 is 2.26 bits per heavy atom. The first-order valence-electron chi connectivity index (χ1n) is 5.90. The zero-order chi connectivity index (χ0) is 14.0. The summed E-state index contributed by atoms with van der Waals surface area (Å²) in [5, 5.41) is 0. The second kappa shape index (κ2) is 5.54. The predicted octanol–water partition coefficient (Wildman–Crippen LogP) is 0.696. The van der Waals surface area contributed by atoms with Crippen LogP contribution in [0.15, 0.2) is 23.1 Å². The third kappa shape index (κ3) is 3.30. The van der Waals surface area contributed by atoms with Crippen LogP contribution in [0.5, 0.6) is 0 Å². The van der Waals surface area contributed by atoms with Gasteiger partial charge in [-0.15, -0.1) is 0 Å². The van der Waals surface area contributed by atoms with E-state index in [0.29, 0.717) is 30.8 Å². The minimum absolute atomic E-state index is 0.169. The average Bonchev–Trinajstić information content (AvgIpc) is 2.81. The van der Waals surface area contributed by atoms with Gasteiger partial charge in [-0.25, -0.2) is 13.1 Å². The number of sulfonamides is 1. The summed E-state index contributed by atoms with van der Waals surface area (Å²) in [5.41, 5.74) is 6.74. The number of benzene rings is 1. The molecule has 104 valence electrons. The molecule has 0 aliphatic carbocycles. The lowest BCUT2D eigenvalue weighted by molar-refractivity contribution is 0.192. The molecule has 0 spiro atoms. The van der Waals surface area contributed by atoms with E-state index in [4.69, 9.17) is 22.7 Å². The average molecular weight is 300 g/mol. The summed E-state index contributed by atoms with van der Waals surface area (Å²) < 4.78 is 32.5. The third-order valence-corrected chi connectivity index (χ3v) is 4.91. The summed E-state index contributed by atoms with van der Waals surface area (Å²) in [7, 11) is -3.58. The maximum atomic E-state index is 12.3. The van der Waals surface area contributed by atoms with Crippen molar-refractivity contribution in [2.45, 2.75) is 24.3 Å². The van der Waals surface area contributed by atoms with E-state index < -0.39 is 10.0 Å². The van der Waals surface area contributed by atoms with Crippen molar-refractivity contribution in [3.8, 4) is 0 Å². The van der Waals surface area contributed by atoms with Crippen LogP contribution < -0.4 is 10.5 Å². The monoisotopic (exact) mass is 300 g/mol. The molecule has 0 aromatic heterocycles. The van der Waals surface area contributed by atoms with Gasteiger partial charge in [-0.3, -0.25) is 0 Å². The van der Waals surface area contributed by atoms with E-state index in [9.17, 15) is 8.42 Å². The van der Waals surface area contributed by atoms with E-state index in [0.717, 1.165) is 0 Å². The second-order valence-corrected chi connectivity index (χ2v) is 6.65. The zero-order valence-corrected chi connectivity index (χ0v) is 12.2. The Morgan fingerprint density at radius 3 is 2.84 bits per heavy atom. The Hall–Kier alpha value is -1.02. The lowest BCUT2D eigenvalue weighted by atomic mass is 10.1. The first-order chi connectivity index (χ1) is 8.90. The second-order valence-electron chi connectivity index (χ2n) is 4.53. The van der Waals surface area contributed by atoms with Gasteiger partial charge in [0, 0.05) is 18.2 Å². The van der Waals surface area contributed by atoms with E-state index in [1.807, 2.05) is 0 Å². The fraction of sp³-hybridized carbons (Fsp3) is 0.417. The minimum Gasteiger partial charge on any atom is -0.389 e. The summed E-state index contributed by atoms with van der Waals surface area (Å²) in [6, 6.07) is 4.76. The molecule has 1 heterocycles. The summed E-state index contributed by atoms with van der Waals surface area (Å²) in [4.78, 5) is 0.394. The number of nitrogens with one attached hydrogen (secondary N) is 1. The lowest BCUT2D eigenvalue weighted by Gasteiger charge is -2.14. The van der Waals surface area contributed by atoms with Crippen LogP contribution in [0.25, 0.3) is 0 Å². The van der Waals surface area contributed by atoms with Gasteiger partial charge in [-0.2, -0.15) is 0 Å². The molecule has 1 aromatic carbocycles. The van der Waals surface area contributed by atoms with Crippen molar-refractivity contribution in [2.75, 3.05) is 13.2 Å². The van der Waals surface area contributed by atoms with E-state index in [1.165, 1.54) is 6.07 Å². The molecule has 1 unspecified atom stereocenters. The fourth-order valence-electron chi connectivity index (χ4n) is 1.95. The van der Waals surface area contributed by atoms with Crippen LogP contribution in [0.4, 0.5) is 0 Å². The van der Waals surface area contributed by atoms with Gasteiger partial charge < -0.3 is 10.5 Å². The first-order valence-corrected chi connectivity index (χ1v) is 7.80. The molecule has 1 atom stereocenters. The van der Waals surface area contributed by atoms with Crippen LogP contribution in [0.2, 0.25) is 0 Å². The van der Waals surface area contributed by atoms with Crippen molar-refractivity contribution in [3.05, 3.63) is 29.3 Å². The Labute approximate surface area is 118 Å². The Morgan fingerprint density at radius 1 is 1.53 bits per heavy atom. The topological polar surface area (TPSA) is 81.4 Å². The van der Waals surface area contributed by atoms with Gasteiger partial charge in [0.15, 0.2) is 0 Å².